The Morgan fingerprint density at radius 2 is 1.71 bits per heavy atom. The van der Waals surface area contributed by atoms with E-state index in [1.165, 1.54) is 12.1 Å². The first-order valence-electron chi connectivity index (χ1n) is 6.22. The van der Waals surface area contributed by atoms with Gasteiger partial charge in [0.2, 0.25) is 0 Å². The van der Waals surface area contributed by atoms with Crippen molar-refractivity contribution in [2.75, 3.05) is 0 Å². The highest BCUT2D eigenvalue weighted by molar-refractivity contribution is 5.70. The number of hydrogen-bond acceptors (Lipinski definition) is 4. The van der Waals surface area contributed by atoms with E-state index in [0.29, 0.717) is 11.1 Å². The second-order valence-corrected chi connectivity index (χ2v) is 4.35. The minimum atomic E-state index is -0.937. The minimum Gasteiger partial charge on any atom is -0.482 e. The second kappa shape index (κ2) is 6.51. The van der Waals surface area contributed by atoms with Gasteiger partial charge in [-0.1, -0.05) is 36.4 Å². The Morgan fingerprint density at radius 1 is 1.10 bits per heavy atom. The number of aliphatic carboxylic acids is 1. The van der Waals surface area contributed by atoms with Gasteiger partial charge in [0, 0.05) is 6.07 Å². The summed E-state index contributed by atoms with van der Waals surface area (Å²) in [6.45, 7) is 0.0777. The maximum atomic E-state index is 10.9. The molecule has 0 spiro atoms. The minimum absolute atomic E-state index is 0.0777. The van der Waals surface area contributed by atoms with Crippen LogP contribution >= 0.6 is 0 Å². The van der Waals surface area contributed by atoms with Gasteiger partial charge in [-0.25, -0.2) is 0 Å². The molecular formula is C15H13NO5. The Labute approximate surface area is 120 Å². The molecule has 0 aromatic heterocycles. The third-order valence-corrected chi connectivity index (χ3v) is 2.91. The van der Waals surface area contributed by atoms with Gasteiger partial charge < -0.3 is 9.84 Å². The largest absolute Gasteiger partial charge is 0.482 e. The first-order valence-corrected chi connectivity index (χ1v) is 6.22. The Morgan fingerprint density at radius 3 is 2.38 bits per heavy atom. The number of benzene rings is 2. The van der Waals surface area contributed by atoms with E-state index in [4.69, 9.17) is 9.84 Å². The molecule has 0 saturated heterocycles. The number of hydrogen-bond donors (Lipinski definition) is 1. The summed E-state index contributed by atoms with van der Waals surface area (Å²) in [5, 5.41) is 19.8. The van der Waals surface area contributed by atoms with Crippen molar-refractivity contribution in [3.8, 4) is 5.75 Å². The number of carboxylic acid groups (broad SMARTS) is 1. The van der Waals surface area contributed by atoms with Crippen LogP contribution in [0, 0.1) is 10.1 Å². The molecule has 6 heteroatoms. The average molecular weight is 287 g/mol. The van der Waals surface area contributed by atoms with Crippen molar-refractivity contribution < 1.29 is 19.6 Å². The average Bonchev–Trinajstić information content (AvgIpc) is 2.46. The molecule has 0 bridgehead atoms. The zero-order valence-electron chi connectivity index (χ0n) is 11.1. The fourth-order valence-corrected chi connectivity index (χ4v) is 1.92. The lowest BCUT2D eigenvalue weighted by molar-refractivity contribution is -0.385. The van der Waals surface area contributed by atoms with Crippen LogP contribution in [0.2, 0.25) is 0 Å². The van der Waals surface area contributed by atoms with Crippen molar-refractivity contribution in [2.24, 2.45) is 0 Å². The predicted octanol–water partition coefficient (Wildman–Crippen LogP) is 2.80. The lowest BCUT2D eigenvalue weighted by Crippen LogP contribution is -2.06. The van der Waals surface area contributed by atoms with Gasteiger partial charge in [-0.3, -0.25) is 14.9 Å². The number of nitro groups is 1. The number of carboxylic acids is 1. The number of carbonyl (C=O) groups is 1. The maximum Gasteiger partial charge on any atom is 0.310 e. The molecule has 0 aliphatic heterocycles. The highest BCUT2D eigenvalue weighted by Crippen LogP contribution is 2.27. The summed E-state index contributed by atoms with van der Waals surface area (Å²) in [5.74, 6) is -0.777. The second-order valence-electron chi connectivity index (χ2n) is 4.35. The van der Waals surface area contributed by atoms with Gasteiger partial charge in [0.15, 0.2) is 5.75 Å². The fourth-order valence-electron chi connectivity index (χ4n) is 1.92. The Hall–Kier alpha value is -2.89. The van der Waals surface area contributed by atoms with Crippen molar-refractivity contribution in [2.45, 2.75) is 13.0 Å². The van der Waals surface area contributed by atoms with Crippen LogP contribution in [0.3, 0.4) is 0 Å². The highest BCUT2D eigenvalue weighted by Gasteiger charge is 2.14. The smallest absolute Gasteiger partial charge is 0.310 e. The summed E-state index contributed by atoms with van der Waals surface area (Å²) in [7, 11) is 0. The van der Waals surface area contributed by atoms with Crippen molar-refractivity contribution in [1.82, 2.24) is 0 Å². The molecule has 1 N–H and O–H groups in total. The Balaban J connectivity index is 2.17. The van der Waals surface area contributed by atoms with Gasteiger partial charge in [0.05, 0.1) is 11.3 Å². The topological polar surface area (TPSA) is 89.7 Å². The molecule has 2 aromatic rings. The maximum absolute atomic E-state index is 10.9. The lowest BCUT2D eigenvalue weighted by atomic mass is 10.1. The van der Waals surface area contributed by atoms with Crippen LogP contribution < -0.4 is 4.74 Å². The Kier molecular flexibility index (Phi) is 4.50. The summed E-state index contributed by atoms with van der Waals surface area (Å²) >= 11 is 0. The van der Waals surface area contributed by atoms with Crippen LogP contribution in [0.4, 0.5) is 5.69 Å². The zero-order valence-corrected chi connectivity index (χ0v) is 11.1. The van der Waals surface area contributed by atoms with Crippen molar-refractivity contribution >= 4 is 11.7 Å². The molecule has 0 atom stereocenters. The first kappa shape index (κ1) is 14.5. The molecule has 2 rings (SSSR count). The molecule has 6 nitrogen and oxygen atoms in total. The normalized spacial score (nSPS) is 10.1. The fraction of sp³-hybridized carbons (Fsp3) is 0.133. The van der Waals surface area contributed by atoms with Crippen LogP contribution in [0.15, 0.2) is 48.5 Å². The van der Waals surface area contributed by atoms with E-state index in [1.54, 1.807) is 36.4 Å². The molecule has 0 heterocycles. The van der Waals surface area contributed by atoms with Gasteiger partial charge in [0.1, 0.15) is 6.61 Å². The molecule has 0 aliphatic rings. The van der Waals surface area contributed by atoms with E-state index >= 15 is 0 Å². The third-order valence-electron chi connectivity index (χ3n) is 2.91. The van der Waals surface area contributed by atoms with Gasteiger partial charge in [0.25, 0.3) is 0 Å². The zero-order chi connectivity index (χ0) is 15.2. The number of ether oxygens (including phenoxy) is 1. The molecular weight excluding hydrogens is 274 g/mol. The summed E-state index contributed by atoms with van der Waals surface area (Å²) in [4.78, 5) is 21.2. The van der Waals surface area contributed by atoms with Crippen molar-refractivity contribution in [3.05, 3.63) is 69.8 Å². The molecule has 2 aromatic carbocycles. The molecule has 0 fully saturated rings. The lowest BCUT2D eigenvalue weighted by Gasteiger charge is -2.10. The quantitative estimate of drug-likeness (QED) is 0.651. The van der Waals surface area contributed by atoms with Crippen LogP contribution in [-0.4, -0.2) is 16.0 Å². The predicted molar refractivity (Wildman–Crippen MR) is 75.2 cm³/mol. The molecule has 0 amide bonds. The first-order chi connectivity index (χ1) is 10.1. The SMILES string of the molecule is O=C(O)Cc1ccccc1COc1ccccc1[N+](=O)[O-]. The van der Waals surface area contributed by atoms with E-state index in [0.717, 1.165) is 0 Å². The summed E-state index contributed by atoms with van der Waals surface area (Å²) in [6.07, 6.45) is -0.115. The molecule has 0 saturated carbocycles. The number of nitro benzene ring substituents is 1. The summed E-state index contributed by atoms with van der Waals surface area (Å²) in [5.41, 5.74) is 1.20. The van der Waals surface area contributed by atoms with Crippen molar-refractivity contribution in [1.29, 1.82) is 0 Å². The van der Waals surface area contributed by atoms with Crippen molar-refractivity contribution in [3.63, 3.8) is 0 Å². The summed E-state index contributed by atoms with van der Waals surface area (Å²) < 4.78 is 5.47. The molecule has 108 valence electrons. The Bertz CT molecular complexity index is 669. The molecule has 0 radical (unpaired) electrons. The van der Waals surface area contributed by atoms with E-state index in [9.17, 15) is 14.9 Å². The number of para-hydroxylation sites is 2. The standard InChI is InChI=1S/C15H13NO5/c17-15(18)9-11-5-1-2-6-12(11)10-21-14-8-4-3-7-13(14)16(19)20/h1-8H,9-10H2,(H,17,18). The number of rotatable bonds is 6. The molecule has 0 unspecified atom stereocenters. The number of nitrogens with zero attached hydrogens (tertiary/aromatic N) is 1. The van der Waals surface area contributed by atoms with E-state index in [2.05, 4.69) is 0 Å². The van der Waals surface area contributed by atoms with Gasteiger partial charge in [-0.05, 0) is 17.2 Å². The van der Waals surface area contributed by atoms with Gasteiger partial charge in [-0.2, -0.15) is 0 Å². The van der Waals surface area contributed by atoms with Gasteiger partial charge >= 0.3 is 11.7 Å². The molecule has 21 heavy (non-hydrogen) atoms. The highest BCUT2D eigenvalue weighted by atomic mass is 16.6. The van der Waals surface area contributed by atoms with E-state index < -0.39 is 10.9 Å². The third kappa shape index (κ3) is 3.79. The van der Waals surface area contributed by atoms with E-state index in [-0.39, 0.29) is 24.5 Å². The molecule has 0 aliphatic carbocycles. The van der Waals surface area contributed by atoms with Crippen LogP contribution in [-0.2, 0) is 17.8 Å². The van der Waals surface area contributed by atoms with E-state index in [1.807, 2.05) is 0 Å². The summed E-state index contributed by atoms with van der Waals surface area (Å²) in [6, 6.07) is 13.0. The van der Waals surface area contributed by atoms with Crippen LogP contribution in [0.25, 0.3) is 0 Å². The van der Waals surface area contributed by atoms with Crippen LogP contribution in [0.1, 0.15) is 11.1 Å². The van der Waals surface area contributed by atoms with Gasteiger partial charge in [-0.15, -0.1) is 0 Å². The monoisotopic (exact) mass is 287 g/mol. The van der Waals surface area contributed by atoms with Crippen LogP contribution in [0.5, 0.6) is 5.75 Å².